The summed E-state index contributed by atoms with van der Waals surface area (Å²) < 4.78 is 7.14. The molecule has 5 heteroatoms. The summed E-state index contributed by atoms with van der Waals surface area (Å²) in [6, 6.07) is 4.17. The fourth-order valence-electron chi connectivity index (χ4n) is 1.78. The minimum absolute atomic E-state index is 0.769. The predicted molar refractivity (Wildman–Crippen MR) is 74.7 cm³/mol. The number of rotatable bonds is 6. The van der Waals surface area contributed by atoms with Gasteiger partial charge in [0.25, 0.3) is 0 Å². The summed E-state index contributed by atoms with van der Waals surface area (Å²) in [6.07, 6.45) is 3.03. The first-order valence-electron chi connectivity index (χ1n) is 6.20. The van der Waals surface area contributed by atoms with E-state index in [-0.39, 0.29) is 0 Å². The van der Waals surface area contributed by atoms with Crippen molar-refractivity contribution in [1.29, 1.82) is 0 Å². The van der Waals surface area contributed by atoms with Gasteiger partial charge < -0.3 is 19.5 Å². The van der Waals surface area contributed by atoms with Crippen molar-refractivity contribution >= 4 is 5.96 Å². The van der Waals surface area contributed by atoms with Gasteiger partial charge >= 0.3 is 0 Å². The van der Waals surface area contributed by atoms with Crippen molar-refractivity contribution in [3.63, 3.8) is 0 Å². The summed E-state index contributed by atoms with van der Waals surface area (Å²) >= 11 is 0. The maximum absolute atomic E-state index is 5.02. The van der Waals surface area contributed by atoms with E-state index in [9.17, 15) is 0 Å². The van der Waals surface area contributed by atoms with E-state index in [2.05, 4.69) is 45.2 Å². The zero-order chi connectivity index (χ0) is 13.4. The number of ether oxygens (including phenoxy) is 1. The van der Waals surface area contributed by atoms with E-state index < -0.39 is 0 Å². The van der Waals surface area contributed by atoms with Crippen LogP contribution >= 0.6 is 0 Å². The summed E-state index contributed by atoms with van der Waals surface area (Å²) in [6.45, 7) is 2.48. The molecule has 102 valence electrons. The van der Waals surface area contributed by atoms with Crippen LogP contribution < -0.4 is 5.32 Å². The van der Waals surface area contributed by atoms with Gasteiger partial charge in [0.05, 0.1) is 6.54 Å². The molecule has 1 aromatic rings. The zero-order valence-corrected chi connectivity index (χ0v) is 11.8. The number of guanidine groups is 1. The third kappa shape index (κ3) is 4.41. The Hall–Kier alpha value is -1.49. The monoisotopic (exact) mass is 252 g/mol. The number of nitrogens with zero attached hydrogens (tertiary/aromatic N) is 3. The van der Waals surface area contributed by atoms with Gasteiger partial charge in [-0.1, -0.05) is 0 Å². The highest BCUT2D eigenvalue weighted by molar-refractivity contribution is 5.79. The predicted octanol–water partition coefficient (Wildman–Crippen LogP) is 1.07. The van der Waals surface area contributed by atoms with E-state index in [4.69, 9.17) is 4.74 Å². The van der Waals surface area contributed by atoms with Crippen LogP contribution in [0.4, 0.5) is 0 Å². The molecule has 0 aliphatic carbocycles. The van der Waals surface area contributed by atoms with Gasteiger partial charge in [0.15, 0.2) is 5.96 Å². The number of aromatic nitrogens is 1. The third-order valence-corrected chi connectivity index (χ3v) is 2.83. The van der Waals surface area contributed by atoms with Gasteiger partial charge in [-0.25, -0.2) is 0 Å². The Morgan fingerprint density at radius 2 is 2.33 bits per heavy atom. The number of aliphatic imine (C=N–C) groups is 1. The number of hydrogen-bond acceptors (Lipinski definition) is 2. The molecule has 1 N–H and O–H groups in total. The molecule has 0 aromatic carbocycles. The smallest absolute Gasteiger partial charge is 0.193 e. The highest BCUT2D eigenvalue weighted by Crippen LogP contribution is 2.03. The van der Waals surface area contributed by atoms with Crippen molar-refractivity contribution in [1.82, 2.24) is 14.8 Å². The second-order valence-corrected chi connectivity index (χ2v) is 4.29. The van der Waals surface area contributed by atoms with E-state index in [0.717, 1.165) is 32.1 Å². The molecule has 5 nitrogen and oxygen atoms in total. The number of aryl methyl sites for hydroxylation is 1. The van der Waals surface area contributed by atoms with Gasteiger partial charge in [-0.3, -0.25) is 4.99 Å². The zero-order valence-electron chi connectivity index (χ0n) is 11.8. The van der Waals surface area contributed by atoms with E-state index in [1.54, 1.807) is 14.2 Å². The van der Waals surface area contributed by atoms with Crippen LogP contribution in [0.15, 0.2) is 23.3 Å². The molecule has 0 saturated heterocycles. The van der Waals surface area contributed by atoms with E-state index >= 15 is 0 Å². The van der Waals surface area contributed by atoms with Crippen LogP contribution in [0.1, 0.15) is 12.1 Å². The lowest BCUT2D eigenvalue weighted by Gasteiger charge is -2.22. The Labute approximate surface area is 109 Å². The van der Waals surface area contributed by atoms with E-state index in [1.807, 2.05) is 7.05 Å². The SMILES string of the molecule is CN=C(NCCCOC)N(C)Cc1cccn1C. The van der Waals surface area contributed by atoms with Crippen molar-refractivity contribution in [2.45, 2.75) is 13.0 Å². The minimum atomic E-state index is 0.769. The first kappa shape index (κ1) is 14.6. The number of hydrogen-bond donors (Lipinski definition) is 1. The summed E-state index contributed by atoms with van der Waals surface area (Å²) in [5, 5.41) is 3.32. The maximum Gasteiger partial charge on any atom is 0.193 e. The second kappa shape index (κ2) is 7.76. The lowest BCUT2D eigenvalue weighted by Crippen LogP contribution is -2.39. The van der Waals surface area contributed by atoms with Crippen LogP contribution in [-0.4, -0.2) is 49.8 Å². The van der Waals surface area contributed by atoms with Crippen LogP contribution in [0.3, 0.4) is 0 Å². The molecule has 0 aliphatic heterocycles. The quantitative estimate of drug-likeness (QED) is 0.468. The molecule has 0 aliphatic rings. The first-order valence-corrected chi connectivity index (χ1v) is 6.20. The molecule has 1 rings (SSSR count). The number of methoxy groups -OCH3 is 1. The summed E-state index contributed by atoms with van der Waals surface area (Å²) in [5.41, 5.74) is 1.26. The van der Waals surface area contributed by atoms with Gasteiger partial charge in [0.2, 0.25) is 0 Å². The Kier molecular flexibility index (Phi) is 6.28. The van der Waals surface area contributed by atoms with Gasteiger partial charge in [-0.15, -0.1) is 0 Å². The summed E-state index contributed by atoms with van der Waals surface area (Å²) in [5.74, 6) is 0.910. The molecule has 0 amide bonds. The molecule has 1 heterocycles. The topological polar surface area (TPSA) is 41.8 Å². The van der Waals surface area contributed by atoms with Crippen LogP contribution in [0.5, 0.6) is 0 Å². The van der Waals surface area contributed by atoms with Crippen LogP contribution in [0, 0.1) is 0 Å². The molecule has 0 fully saturated rings. The fourth-order valence-corrected chi connectivity index (χ4v) is 1.78. The summed E-state index contributed by atoms with van der Waals surface area (Å²) in [7, 11) is 7.62. The lowest BCUT2D eigenvalue weighted by molar-refractivity contribution is 0.195. The average Bonchev–Trinajstić information content (AvgIpc) is 2.75. The van der Waals surface area contributed by atoms with E-state index in [1.165, 1.54) is 5.69 Å². The van der Waals surface area contributed by atoms with Gasteiger partial charge in [0, 0.05) is 53.3 Å². The standard InChI is InChI=1S/C13H24N4O/c1-14-13(15-8-6-10-18-4)17(3)11-12-7-5-9-16(12)2/h5,7,9H,6,8,10-11H2,1-4H3,(H,14,15). The molecule has 0 spiro atoms. The molecule has 0 unspecified atom stereocenters. The van der Waals surface area contributed by atoms with E-state index in [0.29, 0.717) is 0 Å². The van der Waals surface area contributed by atoms with Crippen LogP contribution in [-0.2, 0) is 18.3 Å². The second-order valence-electron chi connectivity index (χ2n) is 4.29. The lowest BCUT2D eigenvalue weighted by atomic mass is 10.4. The van der Waals surface area contributed by atoms with Crippen molar-refractivity contribution in [2.24, 2.45) is 12.0 Å². The summed E-state index contributed by atoms with van der Waals surface area (Å²) in [4.78, 5) is 6.39. The first-order chi connectivity index (χ1) is 8.69. The normalized spacial score (nSPS) is 11.7. The molecule has 0 radical (unpaired) electrons. The van der Waals surface area contributed by atoms with Crippen LogP contribution in [0.25, 0.3) is 0 Å². The molecule has 0 atom stereocenters. The number of nitrogens with one attached hydrogen (secondary N) is 1. The van der Waals surface area contributed by atoms with Crippen LogP contribution in [0.2, 0.25) is 0 Å². The third-order valence-electron chi connectivity index (χ3n) is 2.83. The van der Waals surface area contributed by atoms with Gasteiger partial charge in [-0.2, -0.15) is 0 Å². The molecular formula is C13H24N4O. The van der Waals surface area contributed by atoms with Gasteiger partial charge in [-0.05, 0) is 18.6 Å². The van der Waals surface area contributed by atoms with Crippen molar-refractivity contribution in [3.8, 4) is 0 Å². The average molecular weight is 252 g/mol. The molecule has 18 heavy (non-hydrogen) atoms. The van der Waals surface area contributed by atoms with Gasteiger partial charge in [0.1, 0.15) is 0 Å². The molecular weight excluding hydrogens is 228 g/mol. The molecule has 0 bridgehead atoms. The minimum Gasteiger partial charge on any atom is -0.385 e. The Bertz CT molecular complexity index is 373. The van der Waals surface area contributed by atoms with Crippen molar-refractivity contribution < 1.29 is 4.74 Å². The Morgan fingerprint density at radius 1 is 1.56 bits per heavy atom. The van der Waals surface area contributed by atoms with Crippen molar-refractivity contribution in [3.05, 3.63) is 24.0 Å². The molecule has 0 saturated carbocycles. The Balaban J connectivity index is 2.43. The highest BCUT2D eigenvalue weighted by Gasteiger charge is 2.07. The maximum atomic E-state index is 5.02. The Morgan fingerprint density at radius 3 is 2.89 bits per heavy atom. The molecule has 1 aromatic heterocycles. The van der Waals surface area contributed by atoms with Crippen molar-refractivity contribution in [2.75, 3.05) is 34.4 Å². The highest BCUT2D eigenvalue weighted by atomic mass is 16.5. The largest absolute Gasteiger partial charge is 0.385 e. The fraction of sp³-hybridized carbons (Fsp3) is 0.615.